The molecule has 2 heteroatoms. The highest BCUT2D eigenvalue weighted by atomic mass is 16.5. The van der Waals surface area contributed by atoms with Crippen LogP contribution in [0.25, 0.3) is 0 Å². The van der Waals surface area contributed by atoms with E-state index >= 15 is 0 Å². The summed E-state index contributed by atoms with van der Waals surface area (Å²) in [6.07, 6.45) is 1.50. The van der Waals surface area contributed by atoms with E-state index in [0.29, 0.717) is 6.42 Å². The van der Waals surface area contributed by atoms with Crippen LogP contribution in [0, 0.1) is 0 Å². The lowest BCUT2D eigenvalue weighted by Crippen LogP contribution is -2.26. The van der Waals surface area contributed by atoms with Crippen molar-refractivity contribution in [3.8, 4) is 0 Å². The molecule has 0 aromatic heterocycles. The summed E-state index contributed by atoms with van der Waals surface area (Å²) in [5.41, 5.74) is -0.148. The molecule has 0 unspecified atom stereocenters. The van der Waals surface area contributed by atoms with E-state index in [9.17, 15) is 4.79 Å². The minimum absolute atomic E-state index is 0.148. The highest BCUT2D eigenvalue weighted by molar-refractivity contribution is 5.79. The van der Waals surface area contributed by atoms with Crippen LogP contribution in [0.1, 0.15) is 40.5 Å². The van der Waals surface area contributed by atoms with Crippen LogP contribution in [0.3, 0.4) is 0 Å². The lowest BCUT2D eigenvalue weighted by atomic mass is 10.1. The van der Waals surface area contributed by atoms with Gasteiger partial charge in [0.15, 0.2) is 5.78 Å². The molecule has 0 N–H and O–H groups in total. The Morgan fingerprint density at radius 1 is 1.36 bits per heavy atom. The van der Waals surface area contributed by atoms with Crippen molar-refractivity contribution in [2.45, 2.75) is 46.1 Å². The fraction of sp³-hybridized carbons (Fsp3) is 0.889. The van der Waals surface area contributed by atoms with Gasteiger partial charge in [0.1, 0.15) is 6.61 Å². The summed E-state index contributed by atoms with van der Waals surface area (Å²) in [5.74, 6) is 0.173. The van der Waals surface area contributed by atoms with E-state index in [-0.39, 0.29) is 18.0 Å². The van der Waals surface area contributed by atoms with Crippen LogP contribution in [0.2, 0.25) is 0 Å². The van der Waals surface area contributed by atoms with Gasteiger partial charge in [-0.1, -0.05) is 13.8 Å². The van der Waals surface area contributed by atoms with Crippen molar-refractivity contribution in [1.82, 2.24) is 0 Å². The molecule has 2 nitrogen and oxygen atoms in total. The Labute approximate surface area is 68.9 Å². The van der Waals surface area contributed by atoms with Gasteiger partial charge in [0.25, 0.3) is 0 Å². The molecule has 0 saturated carbocycles. The molecule has 0 aromatic rings. The first kappa shape index (κ1) is 10.6. The zero-order chi connectivity index (χ0) is 8.91. The average Bonchev–Trinajstić information content (AvgIpc) is 2.00. The standard InChI is InChI=1S/C9H18O2/c1-5-8(10)7-11-9(3,4)6-2/h5-7H2,1-4H3. The fourth-order valence-electron chi connectivity index (χ4n) is 0.480. The van der Waals surface area contributed by atoms with Gasteiger partial charge in [-0.05, 0) is 20.3 Å². The van der Waals surface area contributed by atoms with Crippen molar-refractivity contribution in [1.29, 1.82) is 0 Å². The van der Waals surface area contributed by atoms with Gasteiger partial charge in [-0.15, -0.1) is 0 Å². The topological polar surface area (TPSA) is 26.3 Å². The van der Waals surface area contributed by atoms with Gasteiger partial charge < -0.3 is 4.74 Å². The molecule has 0 aliphatic heterocycles. The Morgan fingerprint density at radius 2 is 1.91 bits per heavy atom. The fourth-order valence-corrected chi connectivity index (χ4v) is 0.480. The Kier molecular flexibility index (Phi) is 4.34. The third kappa shape index (κ3) is 4.96. The van der Waals surface area contributed by atoms with E-state index in [1.807, 2.05) is 20.8 Å². The molecule has 0 bridgehead atoms. The number of ketones is 1. The zero-order valence-electron chi connectivity index (χ0n) is 7.94. The first-order valence-electron chi connectivity index (χ1n) is 4.17. The van der Waals surface area contributed by atoms with Crippen LogP contribution in [0.5, 0.6) is 0 Å². The summed E-state index contributed by atoms with van der Waals surface area (Å²) >= 11 is 0. The van der Waals surface area contributed by atoms with E-state index in [0.717, 1.165) is 6.42 Å². The molecule has 0 amide bonds. The molecule has 66 valence electrons. The molecule has 0 aromatic carbocycles. The second-order valence-electron chi connectivity index (χ2n) is 3.29. The van der Waals surface area contributed by atoms with Crippen LogP contribution in [0.15, 0.2) is 0 Å². The molecule has 0 radical (unpaired) electrons. The van der Waals surface area contributed by atoms with Gasteiger partial charge in [-0.3, -0.25) is 4.79 Å². The Bertz CT molecular complexity index is 128. The highest BCUT2D eigenvalue weighted by Gasteiger charge is 2.15. The number of hydrogen-bond acceptors (Lipinski definition) is 2. The average molecular weight is 158 g/mol. The molecule has 0 fully saturated rings. The zero-order valence-corrected chi connectivity index (χ0v) is 7.94. The molecule has 0 atom stereocenters. The largest absolute Gasteiger partial charge is 0.368 e. The molecule has 0 saturated heterocycles. The van der Waals surface area contributed by atoms with E-state index in [1.54, 1.807) is 0 Å². The van der Waals surface area contributed by atoms with Gasteiger partial charge in [-0.2, -0.15) is 0 Å². The normalized spacial score (nSPS) is 11.6. The lowest BCUT2D eigenvalue weighted by Gasteiger charge is -2.22. The smallest absolute Gasteiger partial charge is 0.158 e. The van der Waals surface area contributed by atoms with Gasteiger partial charge >= 0.3 is 0 Å². The number of hydrogen-bond donors (Lipinski definition) is 0. The highest BCUT2D eigenvalue weighted by Crippen LogP contribution is 2.12. The number of carbonyl (C=O) groups excluding carboxylic acids is 1. The summed E-state index contributed by atoms with van der Waals surface area (Å²) in [7, 11) is 0. The first-order chi connectivity index (χ1) is 5.02. The van der Waals surface area contributed by atoms with Crippen molar-refractivity contribution in [2.75, 3.05) is 6.61 Å². The molecule has 0 aliphatic carbocycles. The van der Waals surface area contributed by atoms with Crippen LogP contribution < -0.4 is 0 Å². The SMILES string of the molecule is CCC(=O)COC(C)(C)CC. The maximum Gasteiger partial charge on any atom is 0.158 e. The monoisotopic (exact) mass is 158 g/mol. The van der Waals surface area contributed by atoms with Crippen molar-refractivity contribution in [2.24, 2.45) is 0 Å². The molecule has 0 rings (SSSR count). The second kappa shape index (κ2) is 4.50. The van der Waals surface area contributed by atoms with E-state index in [4.69, 9.17) is 4.74 Å². The van der Waals surface area contributed by atoms with E-state index in [1.165, 1.54) is 0 Å². The van der Waals surface area contributed by atoms with E-state index < -0.39 is 0 Å². The third-order valence-electron chi connectivity index (χ3n) is 1.87. The quantitative estimate of drug-likeness (QED) is 0.613. The predicted octanol–water partition coefficient (Wildman–Crippen LogP) is 2.17. The molecule has 0 aliphatic rings. The van der Waals surface area contributed by atoms with Crippen LogP contribution >= 0.6 is 0 Å². The van der Waals surface area contributed by atoms with Crippen LogP contribution in [-0.2, 0) is 9.53 Å². The number of Topliss-reactive ketones (excluding diaryl/α,β-unsaturated/α-hetero) is 1. The molecular weight excluding hydrogens is 140 g/mol. The summed E-state index contributed by atoms with van der Waals surface area (Å²) in [6, 6.07) is 0. The number of rotatable bonds is 5. The number of ether oxygens (including phenoxy) is 1. The summed E-state index contributed by atoms with van der Waals surface area (Å²) < 4.78 is 5.38. The first-order valence-corrected chi connectivity index (χ1v) is 4.17. The lowest BCUT2D eigenvalue weighted by molar-refractivity contribution is -0.129. The van der Waals surface area contributed by atoms with Gasteiger partial charge in [0, 0.05) is 6.42 Å². The molecular formula is C9H18O2. The molecule has 11 heavy (non-hydrogen) atoms. The minimum Gasteiger partial charge on any atom is -0.368 e. The summed E-state index contributed by atoms with van der Waals surface area (Å²) in [5, 5.41) is 0. The van der Waals surface area contributed by atoms with Gasteiger partial charge in [0.2, 0.25) is 0 Å². The van der Waals surface area contributed by atoms with Crippen LogP contribution in [-0.4, -0.2) is 18.0 Å². The van der Waals surface area contributed by atoms with Crippen molar-refractivity contribution < 1.29 is 9.53 Å². The maximum absolute atomic E-state index is 10.8. The van der Waals surface area contributed by atoms with Gasteiger partial charge in [0.05, 0.1) is 5.60 Å². The van der Waals surface area contributed by atoms with Crippen molar-refractivity contribution >= 4 is 5.78 Å². The Hall–Kier alpha value is -0.370. The number of carbonyl (C=O) groups is 1. The summed E-state index contributed by atoms with van der Waals surface area (Å²) in [6.45, 7) is 8.16. The predicted molar refractivity (Wildman–Crippen MR) is 45.6 cm³/mol. The van der Waals surface area contributed by atoms with Crippen molar-refractivity contribution in [3.05, 3.63) is 0 Å². The van der Waals surface area contributed by atoms with Crippen LogP contribution in [0.4, 0.5) is 0 Å². The van der Waals surface area contributed by atoms with Crippen molar-refractivity contribution in [3.63, 3.8) is 0 Å². The second-order valence-corrected chi connectivity index (χ2v) is 3.29. The molecule has 0 heterocycles. The Morgan fingerprint density at radius 3 is 2.27 bits per heavy atom. The Balaban J connectivity index is 3.61. The molecule has 0 spiro atoms. The summed E-state index contributed by atoms with van der Waals surface area (Å²) in [4.78, 5) is 10.8. The van der Waals surface area contributed by atoms with Gasteiger partial charge in [-0.25, -0.2) is 0 Å². The minimum atomic E-state index is -0.148. The maximum atomic E-state index is 10.8. The van der Waals surface area contributed by atoms with E-state index in [2.05, 4.69) is 6.92 Å². The third-order valence-corrected chi connectivity index (χ3v) is 1.87.